The molecule has 1 aromatic carbocycles. The van der Waals surface area contributed by atoms with Crippen molar-refractivity contribution in [3.05, 3.63) is 27.3 Å². The average molecular weight is 318 g/mol. The second-order valence-corrected chi connectivity index (χ2v) is 4.82. The summed E-state index contributed by atoms with van der Waals surface area (Å²) in [5.41, 5.74) is 1.43. The lowest BCUT2D eigenvalue weighted by Gasteiger charge is -2.07. The molecule has 1 rings (SSSR count). The second kappa shape index (κ2) is 7.09. The quantitative estimate of drug-likeness (QED) is 0.557. The van der Waals surface area contributed by atoms with Crippen LogP contribution in [0.3, 0.4) is 0 Å². The average Bonchev–Trinajstić information content (AvgIpc) is 2.23. The van der Waals surface area contributed by atoms with Crippen molar-refractivity contribution >= 4 is 22.6 Å². The minimum absolute atomic E-state index is 0.741. The van der Waals surface area contributed by atoms with E-state index >= 15 is 0 Å². The number of benzene rings is 1. The van der Waals surface area contributed by atoms with Crippen LogP contribution in [0.2, 0.25) is 0 Å². The maximum atomic E-state index is 5.51. The first-order valence-corrected chi connectivity index (χ1v) is 6.77. The second-order valence-electron chi connectivity index (χ2n) is 3.65. The molecular formula is C13H19IO. The number of aryl methyl sites for hydroxylation is 1. The molecule has 0 amide bonds. The van der Waals surface area contributed by atoms with E-state index in [9.17, 15) is 0 Å². The highest BCUT2D eigenvalue weighted by atomic mass is 127. The van der Waals surface area contributed by atoms with Crippen LogP contribution >= 0.6 is 22.6 Å². The molecule has 0 aromatic heterocycles. The molecular weight excluding hydrogens is 299 g/mol. The summed E-state index contributed by atoms with van der Waals surface area (Å²) < 4.78 is 6.74. The van der Waals surface area contributed by atoms with Crippen LogP contribution in [0.4, 0.5) is 0 Å². The van der Waals surface area contributed by atoms with Gasteiger partial charge < -0.3 is 4.74 Å². The molecule has 0 unspecified atom stereocenters. The fourth-order valence-electron chi connectivity index (χ4n) is 1.55. The van der Waals surface area contributed by atoms with Gasteiger partial charge >= 0.3 is 0 Å². The van der Waals surface area contributed by atoms with Crippen LogP contribution in [0.15, 0.2) is 18.2 Å². The largest absolute Gasteiger partial charge is 0.493 e. The van der Waals surface area contributed by atoms with Crippen LogP contribution < -0.4 is 4.74 Å². The Bertz CT molecular complexity index is 297. The Morgan fingerprint density at radius 3 is 2.60 bits per heavy atom. The molecule has 1 aromatic rings. The molecule has 0 saturated heterocycles. The third-order valence-corrected chi connectivity index (χ3v) is 3.21. The molecule has 0 fully saturated rings. The number of halogens is 1. The Balaban J connectivity index is 2.56. The Kier molecular flexibility index (Phi) is 6.06. The zero-order chi connectivity index (χ0) is 11.1. The van der Waals surface area contributed by atoms with E-state index in [1.165, 1.54) is 34.8 Å². The van der Waals surface area contributed by atoms with Gasteiger partial charge in [0.1, 0.15) is 5.75 Å². The summed E-state index contributed by atoms with van der Waals surface area (Å²) >= 11 is 2.35. The minimum atomic E-state index is 0.741. The predicted molar refractivity (Wildman–Crippen MR) is 73.6 cm³/mol. The molecule has 0 atom stereocenters. The minimum Gasteiger partial charge on any atom is -0.493 e. The highest BCUT2D eigenvalue weighted by Crippen LogP contribution is 2.22. The van der Waals surface area contributed by atoms with E-state index in [-0.39, 0.29) is 0 Å². The van der Waals surface area contributed by atoms with Gasteiger partial charge in [0.2, 0.25) is 0 Å². The van der Waals surface area contributed by atoms with Crippen LogP contribution in [-0.2, 0) is 6.42 Å². The van der Waals surface area contributed by atoms with Gasteiger partial charge in [-0.25, -0.2) is 0 Å². The van der Waals surface area contributed by atoms with Crippen molar-refractivity contribution in [2.45, 2.75) is 39.5 Å². The Hall–Kier alpha value is -0.250. The van der Waals surface area contributed by atoms with Crippen molar-refractivity contribution in [3.63, 3.8) is 0 Å². The Labute approximate surface area is 106 Å². The van der Waals surface area contributed by atoms with E-state index in [0.717, 1.165) is 12.4 Å². The van der Waals surface area contributed by atoms with Gasteiger partial charge in [-0.1, -0.05) is 25.8 Å². The van der Waals surface area contributed by atoms with E-state index in [4.69, 9.17) is 4.74 Å². The summed E-state index contributed by atoms with van der Waals surface area (Å²) in [7, 11) is 0. The standard InChI is InChI=1S/C13H19IO/c1-3-5-6-7-11-8-9-13(15-4-2)12(14)10-11/h8-10H,3-7H2,1-2H3. The van der Waals surface area contributed by atoms with Crippen molar-refractivity contribution in [2.75, 3.05) is 6.61 Å². The van der Waals surface area contributed by atoms with Gasteiger partial charge in [0, 0.05) is 0 Å². The van der Waals surface area contributed by atoms with Crippen molar-refractivity contribution < 1.29 is 4.74 Å². The molecule has 0 N–H and O–H groups in total. The Morgan fingerprint density at radius 1 is 1.20 bits per heavy atom. The van der Waals surface area contributed by atoms with Crippen LogP contribution in [0, 0.1) is 3.57 Å². The molecule has 0 saturated carbocycles. The molecule has 0 aliphatic heterocycles. The zero-order valence-corrected chi connectivity index (χ0v) is 11.7. The van der Waals surface area contributed by atoms with Crippen LogP contribution in [0.5, 0.6) is 5.75 Å². The molecule has 0 bridgehead atoms. The summed E-state index contributed by atoms with van der Waals surface area (Å²) in [6, 6.07) is 6.51. The lowest BCUT2D eigenvalue weighted by Crippen LogP contribution is -1.95. The van der Waals surface area contributed by atoms with Gasteiger partial charge in [-0.05, 0) is 60.1 Å². The summed E-state index contributed by atoms with van der Waals surface area (Å²) in [5, 5.41) is 0. The first-order valence-electron chi connectivity index (χ1n) is 5.69. The lowest BCUT2D eigenvalue weighted by atomic mass is 10.1. The third-order valence-electron chi connectivity index (χ3n) is 2.37. The maximum Gasteiger partial charge on any atom is 0.132 e. The molecule has 0 aliphatic rings. The first-order chi connectivity index (χ1) is 7.27. The van der Waals surface area contributed by atoms with Crippen LogP contribution in [0.25, 0.3) is 0 Å². The monoisotopic (exact) mass is 318 g/mol. The van der Waals surface area contributed by atoms with E-state index < -0.39 is 0 Å². The lowest BCUT2D eigenvalue weighted by molar-refractivity contribution is 0.337. The van der Waals surface area contributed by atoms with E-state index in [2.05, 4.69) is 47.7 Å². The van der Waals surface area contributed by atoms with E-state index in [1.54, 1.807) is 0 Å². The maximum absolute atomic E-state index is 5.51. The summed E-state index contributed by atoms with van der Waals surface area (Å²) in [5.74, 6) is 1.01. The van der Waals surface area contributed by atoms with Gasteiger partial charge in [-0.15, -0.1) is 0 Å². The SMILES string of the molecule is CCCCCc1ccc(OCC)c(I)c1. The van der Waals surface area contributed by atoms with Gasteiger partial charge in [0.05, 0.1) is 10.2 Å². The highest BCUT2D eigenvalue weighted by molar-refractivity contribution is 14.1. The van der Waals surface area contributed by atoms with E-state index in [0.29, 0.717) is 0 Å². The van der Waals surface area contributed by atoms with Gasteiger partial charge in [0.25, 0.3) is 0 Å². The smallest absolute Gasteiger partial charge is 0.132 e. The molecule has 84 valence electrons. The van der Waals surface area contributed by atoms with Crippen molar-refractivity contribution in [3.8, 4) is 5.75 Å². The van der Waals surface area contributed by atoms with Crippen molar-refractivity contribution in [1.82, 2.24) is 0 Å². The van der Waals surface area contributed by atoms with Crippen LogP contribution in [0.1, 0.15) is 38.7 Å². The predicted octanol–water partition coefficient (Wildman–Crippen LogP) is 4.42. The third kappa shape index (κ3) is 4.41. The molecule has 1 nitrogen and oxygen atoms in total. The highest BCUT2D eigenvalue weighted by Gasteiger charge is 2.01. The molecule has 0 aliphatic carbocycles. The van der Waals surface area contributed by atoms with Crippen LogP contribution in [-0.4, -0.2) is 6.61 Å². The normalized spacial score (nSPS) is 10.3. The van der Waals surface area contributed by atoms with Gasteiger partial charge in [-0.3, -0.25) is 0 Å². The number of hydrogen-bond acceptors (Lipinski definition) is 1. The number of hydrogen-bond donors (Lipinski definition) is 0. The first kappa shape index (κ1) is 12.8. The summed E-state index contributed by atoms with van der Waals surface area (Å²) in [4.78, 5) is 0. The molecule has 0 radical (unpaired) electrons. The fraction of sp³-hybridized carbons (Fsp3) is 0.538. The summed E-state index contributed by atoms with van der Waals surface area (Å²) in [6.45, 7) is 5.00. The number of rotatable bonds is 6. The topological polar surface area (TPSA) is 9.23 Å². The molecule has 0 heterocycles. The molecule has 2 heteroatoms. The Morgan fingerprint density at radius 2 is 2.00 bits per heavy atom. The zero-order valence-electron chi connectivity index (χ0n) is 9.55. The van der Waals surface area contributed by atoms with Crippen molar-refractivity contribution in [2.24, 2.45) is 0 Å². The fourth-order valence-corrected chi connectivity index (χ4v) is 2.29. The van der Waals surface area contributed by atoms with Gasteiger partial charge in [-0.2, -0.15) is 0 Å². The molecule has 0 spiro atoms. The number of unbranched alkanes of at least 4 members (excludes halogenated alkanes) is 2. The number of ether oxygens (including phenoxy) is 1. The molecule has 15 heavy (non-hydrogen) atoms. The van der Waals surface area contributed by atoms with Gasteiger partial charge in [0.15, 0.2) is 0 Å². The van der Waals surface area contributed by atoms with Crippen molar-refractivity contribution in [1.29, 1.82) is 0 Å². The van der Waals surface area contributed by atoms with E-state index in [1.807, 2.05) is 6.92 Å². The summed E-state index contributed by atoms with van der Waals surface area (Å²) in [6.07, 6.45) is 5.09.